The summed E-state index contributed by atoms with van der Waals surface area (Å²) in [5.74, 6) is -6.08. The molecule has 0 aromatic heterocycles. The number of nitrogens with one attached hydrogen (secondary N) is 1. The van der Waals surface area contributed by atoms with Gasteiger partial charge in [0, 0.05) is 12.1 Å². The highest BCUT2D eigenvalue weighted by Crippen LogP contribution is 2.45. The first-order valence-corrected chi connectivity index (χ1v) is 10.2. The van der Waals surface area contributed by atoms with Gasteiger partial charge in [-0.3, -0.25) is 10.1 Å². The summed E-state index contributed by atoms with van der Waals surface area (Å²) in [7, 11) is 0. The van der Waals surface area contributed by atoms with Crippen LogP contribution >= 0.6 is 22.6 Å². The maximum atomic E-state index is 13.3. The number of alkyl halides is 7. The molecule has 34 heavy (non-hydrogen) atoms. The van der Waals surface area contributed by atoms with Crippen molar-refractivity contribution in [3.63, 3.8) is 0 Å². The van der Waals surface area contributed by atoms with Crippen LogP contribution in [0.5, 0.6) is 11.5 Å². The number of rotatable bonds is 10. The van der Waals surface area contributed by atoms with Crippen LogP contribution in [0, 0.1) is 13.7 Å². The molecule has 0 unspecified atom stereocenters. The number of halogens is 8. The molecule has 15 heteroatoms. The molecule has 0 atom stereocenters. The van der Waals surface area contributed by atoms with Crippen molar-refractivity contribution < 1.29 is 45.1 Å². The van der Waals surface area contributed by atoms with E-state index in [0.29, 0.717) is 20.8 Å². The van der Waals surface area contributed by atoms with Gasteiger partial charge in [0.15, 0.2) is 11.5 Å². The van der Waals surface area contributed by atoms with Crippen molar-refractivity contribution in [1.82, 2.24) is 5.43 Å². The Bertz CT molecular complexity index is 1060. The Balaban J connectivity index is 2.23. The lowest BCUT2D eigenvalue weighted by Crippen LogP contribution is -2.58. The highest BCUT2D eigenvalue weighted by Gasteiger charge is 2.73. The third-order valence-corrected chi connectivity index (χ3v) is 4.81. The zero-order valence-corrected chi connectivity index (χ0v) is 19.2. The molecule has 2 aromatic rings. The number of benzene rings is 2. The summed E-state index contributed by atoms with van der Waals surface area (Å²) in [5.41, 5.74) is 0.882. The van der Waals surface area contributed by atoms with Crippen LogP contribution < -0.4 is 14.9 Å². The van der Waals surface area contributed by atoms with E-state index >= 15 is 0 Å². The van der Waals surface area contributed by atoms with Crippen molar-refractivity contribution in [3.05, 3.63) is 61.2 Å². The van der Waals surface area contributed by atoms with Gasteiger partial charge in [-0.25, -0.2) is 5.43 Å². The second-order valence-electron chi connectivity index (χ2n) is 6.50. The smallest absolute Gasteiger partial charge is 0.462 e. The van der Waals surface area contributed by atoms with Crippen LogP contribution in [0.25, 0.3) is 0 Å². The van der Waals surface area contributed by atoms with E-state index in [0.717, 1.165) is 0 Å². The molecule has 0 aliphatic carbocycles. The van der Waals surface area contributed by atoms with Crippen LogP contribution in [-0.2, 0) is 6.61 Å². The predicted molar refractivity (Wildman–Crippen MR) is 114 cm³/mol. The highest BCUT2D eigenvalue weighted by molar-refractivity contribution is 14.1. The number of hydrazone groups is 1. The average molecular weight is 609 g/mol. The standard InChI is InChI=1S/C19H15F7IN3O4/c1-2-33-15-8-12(9-28-29-19(25,26)17(20,21)18(22,23)24)7-14(27)16(15)34-10-11-4-3-5-13(6-11)30(31)32/h3-9,29H,2,10H2,1H3/b28-9+. The Morgan fingerprint density at radius 1 is 1.12 bits per heavy atom. The molecule has 7 nitrogen and oxygen atoms in total. The monoisotopic (exact) mass is 609 g/mol. The molecule has 0 saturated heterocycles. The van der Waals surface area contributed by atoms with E-state index in [1.54, 1.807) is 35.6 Å². The quantitative estimate of drug-likeness (QED) is 0.0908. The SMILES string of the molecule is CCOc1cc(/C=N/NC(F)(F)C(F)(F)C(F)(F)F)cc(I)c1OCc1cccc([N+](=O)[O-])c1. The van der Waals surface area contributed by atoms with E-state index in [-0.39, 0.29) is 36.0 Å². The van der Waals surface area contributed by atoms with Gasteiger partial charge in [-0.1, -0.05) is 12.1 Å². The molecule has 0 fully saturated rings. The van der Waals surface area contributed by atoms with Gasteiger partial charge in [0.1, 0.15) is 6.61 Å². The fourth-order valence-corrected chi connectivity index (χ4v) is 3.20. The lowest BCUT2D eigenvalue weighted by atomic mass is 10.2. The first-order valence-electron chi connectivity index (χ1n) is 9.14. The molecule has 1 N–H and O–H groups in total. The third kappa shape index (κ3) is 6.38. The predicted octanol–water partition coefficient (Wildman–Crippen LogP) is 5.89. The molecular weight excluding hydrogens is 594 g/mol. The van der Waals surface area contributed by atoms with Gasteiger partial charge in [-0.2, -0.15) is 35.8 Å². The lowest BCUT2D eigenvalue weighted by molar-refractivity contribution is -0.384. The minimum atomic E-state index is -6.49. The van der Waals surface area contributed by atoms with Gasteiger partial charge in [0.05, 0.1) is 21.3 Å². The fourth-order valence-electron chi connectivity index (χ4n) is 2.42. The summed E-state index contributed by atoms with van der Waals surface area (Å²) in [6.45, 7) is 1.67. The Kier molecular flexibility index (Phi) is 8.54. The summed E-state index contributed by atoms with van der Waals surface area (Å²) in [4.78, 5) is 10.3. The number of hydrogen-bond donors (Lipinski definition) is 1. The molecule has 2 rings (SSSR count). The minimum Gasteiger partial charge on any atom is -0.490 e. The highest BCUT2D eigenvalue weighted by atomic mass is 127. The number of nitro groups is 1. The largest absolute Gasteiger partial charge is 0.490 e. The van der Waals surface area contributed by atoms with Crippen LogP contribution in [0.15, 0.2) is 41.5 Å². The summed E-state index contributed by atoms with van der Waals surface area (Å²) in [6.07, 6.45) is -5.88. The van der Waals surface area contributed by atoms with E-state index in [1.807, 2.05) is 0 Å². The molecule has 2 aromatic carbocycles. The summed E-state index contributed by atoms with van der Waals surface area (Å²) < 4.78 is 100. The average Bonchev–Trinajstić information content (AvgIpc) is 2.72. The maximum absolute atomic E-state index is 13.3. The molecular formula is C19H15F7IN3O4. The third-order valence-electron chi connectivity index (χ3n) is 4.01. The molecule has 0 aliphatic rings. The summed E-state index contributed by atoms with van der Waals surface area (Å²) >= 11 is 1.79. The van der Waals surface area contributed by atoms with Gasteiger partial charge in [0.2, 0.25) is 0 Å². The maximum Gasteiger partial charge on any atom is 0.462 e. The Morgan fingerprint density at radius 2 is 1.79 bits per heavy atom. The van der Waals surface area contributed by atoms with Gasteiger partial charge in [-0.15, -0.1) is 0 Å². The Morgan fingerprint density at radius 3 is 2.38 bits per heavy atom. The normalized spacial score (nSPS) is 12.6. The molecule has 0 saturated carbocycles. The van der Waals surface area contributed by atoms with Crippen LogP contribution in [0.2, 0.25) is 0 Å². The van der Waals surface area contributed by atoms with Crippen molar-refractivity contribution in [2.45, 2.75) is 31.7 Å². The van der Waals surface area contributed by atoms with Gasteiger partial charge in [-0.05, 0) is 52.8 Å². The first kappa shape index (κ1) is 27.4. The minimum absolute atomic E-state index is 0.0224. The van der Waals surface area contributed by atoms with E-state index in [1.165, 1.54) is 30.3 Å². The van der Waals surface area contributed by atoms with E-state index < -0.39 is 23.1 Å². The van der Waals surface area contributed by atoms with Crippen LogP contribution in [0.4, 0.5) is 36.4 Å². The Labute approximate surface area is 201 Å². The van der Waals surface area contributed by atoms with Gasteiger partial charge < -0.3 is 9.47 Å². The zero-order valence-electron chi connectivity index (χ0n) is 17.0. The van der Waals surface area contributed by atoms with E-state index in [4.69, 9.17) is 9.47 Å². The molecule has 0 amide bonds. The number of non-ortho nitro benzene ring substituents is 1. The van der Waals surface area contributed by atoms with Gasteiger partial charge >= 0.3 is 18.1 Å². The Hall–Kier alpha value is -2.85. The van der Waals surface area contributed by atoms with Gasteiger partial charge in [0.25, 0.3) is 5.69 Å². The van der Waals surface area contributed by atoms with E-state index in [2.05, 4.69) is 5.10 Å². The molecule has 0 bridgehead atoms. The second-order valence-corrected chi connectivity index (χ2v) is 7.66. The number of nitrogens with zero attached hydrogens (tertiary/aromatic N) is 2. The number of nitro benzene ring substituents is 1. The molecule has 0 spiro atoms. The van der Waals surface area contributed by atoms with Crippen molar-refractivity contribution in [2.24, 2.45) is 5.10 Å². The topological polar surface area (TPSA) is 86.0 Å². The van der Waals surface area contributed by atoms with Crippen molar-refractivity contribution in [3.8, 4) is 11.5 Å². The molecule has 0 heterocycles. The number of hydrogen-bond acceptors (Lipinski definition) is 6. The fraction of sp³-hybridized carbons (Fsp3) is 0.316. The van der Waals surface area contributed by atoms with Crippen LogP contribution in [0.1, 0.15) is 18.1 Å². The molecule has 0 aliphatic heterocycles. The van der Waals surface area contributed by atoms with Crippen molar-refractivity contribution in [2.75, 3.05) is 6.61 Å². The van der Waals surface area contributed by atoms with Crippen molar-refractivity contribution >= 4 is 34.5 Å². The summed E-state index contributed by atoms with van der Waals surface area (Å²) in [5, 5.41) is 13.7. The molecule has 0 radical (unpaired) electrons. The number of ether oxygens (including phenoxy) is 2. The second kappa shape index (κ2) is 10.6. The van der Waals surface area contributed by atoms with Crippen molar-refractivity contribution in [1.29, 1.82) is 0 Å². The summed E-state index contributed by atoms with van der Waals surface area (Å²) in [6, 6.07) is 2.52. The van der Waals surface area contributed by atoms with Crippen LogP contribution in [-0.4, -0.2) is 35.9 Å². The first-order chi connectivity index (χ1) is 15.7. The molecule has 186 valence electrons. The van der Waals surface area contributed by atoms with Crippen LogP contribution in [0.3, 0.4) is 0 Å². The van der Waals surface area contributed by atoms with E-state index in [9.17, 15) is 40.8 Å². The lowest BCUT2D eigenvalue weighted by Gasteiger charge is -2.27. The zero-order chi connectivity index (χ0) is 25.7.